The van der Waals surface area contributed by atoms with Crippen LogP contribution in [-0.4, -0.2) is 21.5 Å². The number of hydrogen-bond donors (Lipinski definition) is 2. The van der Waals surface area contributed by atoms with E-state index in [0.717, 1.165) is 31.4 Å². The predicted molar refractivity (Wildman–Crippen MR) is 75.8 cm³/mol. The van der Waals surface area contributed by atoms with Crippen LogP contribution < -0.4 is 5.32 Å². The van der Waals surface area contributed by atoms with Gasteiger partial charge in [0.15, 0.2) is 0 Å². The first-order valence-electron chi connectivity index (χ1n) is 6.69. The number of benzene rings is 1. The molecule has 6 heteroatoms. The molecule has 0 radical (unpaired) electrons. The molecule has 0 saturated carbocycles. The normalized spacial score (nSPS) is 11.2. The van der Waals surface area contributed by atoms with Crippen molar-refractivity contribution in [2.45, 2.75) is 45.6 Å². The molecular formula is C14H20N2O4. The summed E-state index contributed by atoms with van der Waals surface area (Å²) in [4.78, 5) is 22.6. The maximum Gasteiger partial charge on any atom is 0.282 e. The van der Waals surface area contributed by atoms with Gasteiger partial charge in [0.2, 0.25) is 0 Å². The second-order valence-electron chi connectivity index (χ2n) is 4.75. The highest BCUT2D eigenvalue weighted by Crippen LogP contribution is 2.26. The second-order valence-corrected chi connectivity index (χ2v) is 4.75. The van der Waals surface area contributed by atoms with Gasteiger partial charge in [0.1, 0.15) is 11.3 Å². The number of amides is 1. The fourth-order valence-corrected chi connectivity index (χ4v) is 2.19. The summed E-state index contributed by atoms with van der Waals surface area (Å²) in [7, 11) is 0. The van der Waals surface area contributed by atoms with Crippen LogP contribution in [0, 0.1) is 10.1 Å². The molecule has 1 amide bonds. The molecule has 0 bridgehead atoms. The molecule has 0 aliphatic rings. The lowest BCUT2D eigenvalue weighted by Crippen LogP contribution is -2.47. The van der Waals surface area contributed by atoms with Crippen molar-refractivity contribution in [1.29, 1.82) is 0 Å². The van der Waals surface area contributed by atoms with Crippen LogP contribution in [0.25, 0.3) is 0 Å². The monoisotopic (exact) mass is 280 g/mol. The van der Waals surface area contributed by atoms with E-state index in [1.807, 2.05) is 20.8 Å². The summed E-state index contributed by atoms with van der Waals surface area (Å²) in [5.41, 5.74) is -0.802. The van der Waals surface area contributed by atoms with Crippen molar-refractivity contribution in [2.75, 3.05) is 0 Å². The van der Waals surface area contributed by atoms with E-state index in [-0.39, 0.29) is 22.5 Å². The van der Waals surface area contributed by atoms with Gasteiger partial charge in [-0.15, -0.1) is 0 Å². The first-order valence-corrected chi connectivity index (χ1v) is 6.69. The van der Waals surface area contributed by atoms with Crippen LogP contribution in [0.1, 0.15) is 50.4 Å². The zero-order chi connectivity index (χ0) is 15.3. The molecule has 0 unspecified atom stereocenters. The Balaban J connectivity index is 3.15. The maximum atomic E-state index is 12.3. The minimum atomic E-state index is -0.625. The molecule has 1 aromatic rings. The molecule has 0 fully saturated rings. The van der Waals surface area contributed by atoms with Gasteiger partial charge in [0.05, 0.1) is 4.92 Å². The molecule has 0 atom stereocenters. The molecule has 0 spiro atoms. The Bertz CT molecular complexity index is 502. The van der Waals surface area contributed by atoms with E-state index in [9.17, 15) is 20.0 Å². The number of hydrogen-bond acceptors (Lipinski definition) is 4. The number of nitrogens with zero attached hydrogens (tertiary/aromatic N) is 1. The van der Waals surface area contributed by atoms with Crippen LogP contribution in [-0.2, 0) is 0 Å². The third-order valence-electron chi connectivity index (χ3n) is 3.83. The predicted octanol–water partition coefficient (Wildman–Crippen LogP) is 3.00. The average Bonchev–Trinajstić information content (AvgIpc) is 2.44. The Morgan fingerprint density at radius 3 is 2.30 bits per heavy atom. The lowest BCUT2D eigenvalue weighted by atomic mass is 9.89. The zero-order valence-corrected chi connectivity index (χ0v) is 12.0. The molecule has 0 saturated heterocycles. The van der Waals surface area contributed by atoms with E-state index in [1.54, 1.807) is 0 Å². The number of nitrogens with one attached hydrogen (secondary N) is 1. The number of rotatable bonds is 6. The quantitative estimate of drug-likeness (QED) is 0.618. The SMILES string of the molecule is CCC(CC)(CC)NC(=O)c1cc(O)ccc1[N+](=O)[O-]. The Morgan fingerprint density at radius 2 is 1.85 bits per heavy atom. The van der Waals surface area contributed by atoms with Gasteiger partial charge < -0.3 is 10.4 Å². The molecule has 110 valence electrons. The number of nitro groups is 1. The van der Waals surface area contributed by atoms with Crippen LogP contribution in [0.15, 0.2) is 18.2 Å². The van der Waals surface area contributed by atoms with Crippen LogP contribution in [0.5, 0.6) is 5.75 Å². The van der Waals surface area contributed by atoms with Crippen LogP contribution >= 0.6 is 0 Å². The van der Waals surface area contributed by atoms with Gasteiger partial charge >= 0.3 is 0 Å². The summed E-state index contributed by atoms with van der Waals surface area (Å²) in [6.07, 6.45) is 2.20. The molecular weight excluding hydrogens is 260 g/mol. The van der Waals surface area contributed by atoms with Crippen LogP contribution in [0.2, 0.25) is 0 Å². The first-order chi connectivity index (χ1) is 9.39. The average molecular weight is 280 g/mol. The highest BCUT2D eigenvalue weighted by atomic mass is 16.6. The smallest absolute Gasteiger partial charge is 0.282 e. The van der Waals surface area contributed by atoms with Gasteiger partial charge in [-0.05, 0) is 31.4 Å². The molecule has 0 aliphatic carbocycles. The van der Waals surface area contributed by atoms with Crippen molar-refractivity contribution in [2.24, 2.45) is 0 Å². The lowest BCUT2D eigenvalue weighted by molar-refractivity contribution is -0.385. The molecule has 20 heavy (non-hydrogen) atoms. The fourth-order valence-electron chi connectivity index (χ4n) is 2.19. The van der Waals surface area contributed by atoms with Crippen LogP contribution in [0.4, 0.5) is 5.69 Å². The van der Waals surface area contributed by atoms with Crippen molar-refractivity contribution in [3.8, 4) is 5.75 Å². The highest BCUT2D eigenvalue weighted by Gasteiger charge is 2.29. The number of carbonyl (C=O) groups excluding carboxylic acids is 1. The topological polar surface area (TPSA) is 92.5 Å². The third kappa shape index (κ3) is 3.26. The Kier molecular flexibility index (Phi) is 5.07. The molecule has 6 nitrogen and oxygen atoms in total. The van der Waals surface area contributed by atoms with Crippen molar-refractivity contribution >= 4 is 11.6 Å². The lowest BCUT2D eigenvalue weighted by Gasteiger charge is -2.31. The second kappa shape index (κ2) is 6.36. The van der Waals surface area contributed by atoms with E-state index in [0.29, 0.717) is 0 Å². The molecule has 0 aliphatic heterocycles. The standard InChI is InChI=1S/C14H20N2O4/c1-4-14(5-2,6-3)15-13(18)11-9-10(17)7-8-12(11)16(19)20/h7-9,17H,4-6H2,1-3H3,(H,15,18). The largest absolute Gasteiger partial charge is 0.508 e. The summed E-state index contributed by atoms with van der Waals surface area (Å²) in [5, 5.41) is 23.3. The summed E-state index contributed by atoms with van der Waals surface area (Å²) < 4.78 is 0. The van der Waals surface area contributed by atoms with Gasteiger partial charge in [0, 0.05) is 11.6 Å². The first kappa shape index (κ1) is 15.9. The molecule has 2 N–H and O–H groups in total. The van der Waals surface area contributed by atoms with Gasteiger partial charge in [-0.3, -0.25) is 14.9 Å². The number of aromatic hydroxyl groups is 1. The van der Waals surface area contributed by atoms with Crippen LogP contribution in [0.3, 0.4) is 0 Å². The van der Waals surface area contributed by atoms with Gasteiger partial charge in [-0.25, -0.2) is 0 Å². The molecule has 1 rings (SSSR count). The number of carbonyl (C=O) groups is 1. The molecule has 0 aromatic heterocycles. The van der Waals surface area contributed by atoms with E-state index in [1.165, 1.54) is 6.07 Å². The van der Waals surface area contributed by atoms with Crippen molar-refractivity contribution in [1.82, 2.24) is 5.32 Å². The number of phenols is 1. The van der Waals surface area contributed by atoms with Gasteiger partial charge in [0.25, 0.3) is 11.6 Å². The summed E-state index contributed by atoms with van der Waals surface area (Å²) in [6.45, 7) is 5.89. The van der Waals surface area contributed by atoms with Gasteiger partial charge in [-0.1, -0.05) is 20.8 Å². The minimum absolute atomic E-state index is 0.116. The van der Waals surface area contributed by atoms with E-state index < -0.39 is 10.8 Å². The molecule has 1 aromatic carbocycles. The van der Waals surface area contributed by atoms with Gasteiger partial charge in [-0.2, -0.15) is 0 Å². The van der Waals surface area contributed by atoms with Crippen molar-refractivity contribution in [3.05, 3.63) is 33.9 Å². The highest BCUT2D eigenvalue weighted by molar-refractivity contribution is 5.99. The Morgan fingerprint density at radius 1 is 1.30 bits per heavy atom. The van der Waals surface area contributed by atoms with Crippen molar-refractivity contribution in [3.63, 3.8) is 0 Å². The Labute approximate surface area is 118 Å². The summed E-state index contributed by atoms with van der Waals surface area (Å²) in [6, 6.07) is 3.45. The summed E-state index contributed by atoms with van der Waals surface area (Å²) in [5.74, 6) is -0.700. The third-order valence-corrected chi connectivity index (χ3v) is 3.83. The minimum Gasteiger partial charge on any atom is -0.508 e. The summed E-state index contributed by atoms with van der Waals surface area (Å²) >= 11 is 0. The zero-order valence-electron chi connectivity index (χ0n) is 12.0. The van der Waals surface area contributed by atoms with E-state index in [2.05, 4.69) is 5.32 Å². The number of phenolic OH excluding ortho intramolecular Hbond substituents is 1. The maximum absolute atomic E-state index is 12.3. The van der Waals surface area contributed by atoms with Crippen molar-refractivity contribution < 1.29 is 14.8 Å². The van der Waals surface area contributed by atoms with E-state index >= 15 is 0 Å². The number of nitro benzene ring substituents is 1. The Hall–Kier alpha value is -2.11. The molecule has 0 heterocycles. The fraction of sp³-hybridized carbons (Fsp3) is 0.500. The van der Waals surface area contributed by atoms with E-state index in [4.69, 9.17) is 0 Å².